The Morgan fingerprint density at radius 3 is 2.58 bits per heavy atom. The molecule has 140 valence electrons. The minimum atomic E-state index is -0.631. The first-order chi connectivity index (χ1) is 12.4. The molecule has 2 rings (SSSR count). The molecule has 0 unspecified atom stereocenters. The monoisotopic (exact) mass is 376 g/mol. The molecular weight excluding hydrogens is 352 g/mol. The highest BCUT2D eigenvalue weighted by molar-refractivity contribution is 7.14. The third-order valence-corrected chi connectivity index (χ3v) is 4.41. The number of anilines is 1. The summed E-state index contributed by atoms with van der Waals surface area (Å²) in [6.45, 7) is 6.11. The van der Waals surface area contributed by atoms with Crippen molar-refractivity contribution < 1.29 is 14.3 Å². The highest BCUT2D eigenvalue weighted by Crippen LogP contribution is 2.26. The van der Waals surface area contributed by atoms with Crippen LogP contribution >= 0.6 is 11.3 Å². The molecule has 0 bridgehead atoms. The van der Waals surface area contributed by atoms with Crippen LogP contribution in [-0.4, -0.2) is 36.0 Å². The number of thiazole rings is 1. The van der Waals surface area contributed by atoms with Gasteiger partial charge in [-0.25, -0.2) is 4.98 Å². The van der Waals surface area contributed by atoms with Gasteiger partial charge < -0.3 is 21.1 Å². The number of nitrogens with one attached hydrogen (secondary N) is 2. The lowest BCUT2D eigenvalue weighted by molar-refractivity contribution is -0.125. The third kappa shape index (κ3) is 5.53. The standard InChI is InChI=1S/C18H24N4O3S/c1-4-25-13-7-5-12(6-8-13)14-10-26-18(21-14)22-15(23)9-20-17(24)16(19)11(2)3/h5-8,10-11,16H,4,9,19H2,1-3H3,(H,20,24)(H,21,22,23)/t16-/m0/s1. The van der Waals surface area contributed by atoms with Gasteiger partial charge in [0.2, 0.25) is 11.8 Å². The molecule has 0 saturated heterocycles. The molecule has 0 aliphatic rings. The van der Waals surface area contributed by atoms with Gasteiger partial charge >= 0.3 is 0 Å². The Hall–Kier alpha value is -2.45. The van der Waals surface area contributed by atoms with E-state index < -0.39 is 6.04 Å². The van der Waals surface area contributed by atoms with E-state index in [1.165, 1.54) is 11.3 Å². The molecule has 4 N–H and O–H groups in total. The summed E-state index contributed by atoms with van der Waals surface area (Å²) in [5.41, 5.74) is 7.43. The first kappa shape index (κ1) is 19.9. The lowest BCUT2D eigenvalue weighted by Crippen LogP contribution is -2.46. The van der Waals surface area contributed by atoms with Crippen molar-refractivity contribution in [3.05, 3.63) is 29.6 Å². The van der Waals surface area contributed by atoms with Crippen LogP contribution in [0.3, 0.4) is 0 Å². The van der Waals surface area contributed by atoms with Gasteiger partial charge in [0.25, 0.3) is 0 Å². The zero-order chi connectivity index (χ0) is 19.1. The average Bonchev–Trinajstić information content (AvgIpc) is 3.08. The molecule has 7 nitrogen and oxygen atoms in total. The minimum Gasteiger partial charge on any atom is -0.494 e. The second kappa shape index (κ2) is 9.30. The van der Waals surface area contributed by atoms with Gasteiger partial charge in [-0.05, 0) is 37.1 Å². The molecule has 8 heteroatoms. The van der Waals surface area contributed by atoms with E-state index in [9.17, 15) is 9.59 Å². The quantitative estimate of drug-likeness (QED) is 0.655. The van der Waals surface area contributed by atoms with Crippen molar-refractivity contribution in [2.24, 2.45) is 11.7 Å². The van der Waals surface area contributed by atoms with Crippen molar-refractivity contribution in [2.75, 3.05) is 18.5 Å². The van der Waals surface area contributed by atoms with Gasteiger partial charge in [0.15, 0.2) is 5.13 Å². The Kier molecular flexibility index (Phi) is 7.11. The molecule has 0 aliphatic carbocycles. The highest BCUT2D eigenvalue weighted by Gasteiger charge is 2.18. The Bertz CT molecular complexity index is 743. The van der Waals surface area contributed by atoms with Crippen LogP contribution in [-0.2, 0) is 9.59 Å². The smallest absolute Gasteiger partial charge is 0.245 e. The number of rotatable bonds is 8. The second-order valence-corrected chi connectivity index (χ2v) is 6.89. The largest absolute Gasteiger partial charge is 0.494 e. The lowest BCUT2D eigenvalue weighted by Gasteiger charge is -2.14. The molecule has 2 aromatic rings. The van der Waals surface area contributed by atoms with Gasteiger partial charge in [-0.1, -0.05) is 13.8 Å². The zero-order valence-electron chi connectivity index (χ0n) is 15.1. The van der Waals surface area contributed by atoms with E-state index >= 15 is 0 Å². The second-order valence-electron chi connectivity index (χ2n) is 6.03. The number of hydrogen-bond donors (Lipinski definition) is 3. The number of aromatic nitrogens is 1. The average molecular weight is 376 g/mol. The van der Waals surface area contributed by atoms with Crippen molar-refractivity contribution in [1.29, 1.82) is 0 Å². The number of ether oxygens (including phenoxy) is 1. The zero-order valence-corrected chi connectivity index (χ0v) is 15.9. The fourth-order valence-electron chi connectivity index (χ4n) is 2.10. The minimum absolute atomic E-state index is 0.00805. The SMILES string of the molecule is CCOc1ccc(-c2csc(NC(=O)CNC(=O)[C@@H](N)C(C)C)n2)cc1. The number of carbonyl (C=O) groups excluding carboxylic acids is 2. The van der Waals surface area contributed by atoms with Gasteiger partial charge in [-0.3, -0.25) is 9.59 Å². The van der Waals surface area contributed by atoms with E-state index in [0.717, 1.165) is 17.0 Å². The predicted molar refractivity (Wildman–Crippen MR) is 103 cm³/mol. The molecular formula is C18H24N4O3S. The number of benzene rings is 1. The summed E-state index contributed by atoms with van der Waals surface area (Å²) in [4.78, 5) is 28.1. The summed E-state index contributed by atoms with van der Waals surface area (Å²) in [5.74, 6) is 0.121. The molecule has 0 aliphatic heterocycles. The molecule has 26 heavy (non-hydrogen) atoms. The summed E-state index contributed by atoms with van der Waals surface area (Å²) >= 11 is 1.32. The molecule has 1 atom stereocenters. The maximum absolute atomic E-state index is 12.0. The summed E-state index contributed by atoms with van der Waals surface area (Å²) in [6, 6.07) is 6.96. The summed E-state index contributed by atoms with van der Waals surface area (Å²) in [5, 5.41) is 7.54. The number of amides is 2. The number of nitrogens with two attached hydrogens (primary N) is 1. The fourth-order valence-corrected chi connectivity index (χ4v) is 2.84. The van der Waals surface area contributed by atoms with Crippen molar-refractivity contribution >= 4 is 28.3 Å². The van der Waals surface area contributed by atoms with Crippen LogP contribution in [0.1, 0.15) is 20.8 Å². The molecule has 1 aromatic heterocycles. The van der Waals surface area contributed by atoms with Gasteiger partial charge in [0.1, 0.15) is 5.75 Å². The first-order valence-corrected chi connectivity index (χ1v) is 9.30. The number of hydrogen-bond acceptors (Lipinski definition) is 6. The maximum atomic E-state index is 12.0. The molecule has 1 aromatic carbocycles. The predicted octanol–water partition coefficient (Wildman–Crippen LogP) is 2.25. The molecule has 0 fully saturated rings. The van der Waals surface area contributed by atoms with Crippen LogP contribution in [0.5, 0.6) is 5.75 Å². The fraction of sp³-hybridized carbons (Fsp3) is 0.389. The summed E-state index contributed by atoms with van der Waals surface area (Å²) in [6.07, 6.45) is 0. The van der Waals surface area contributed by atoms with E-state index in [1.807, 2.05) is 50.4 Å². The Labute approximate surface area is 157 Å². The molecule has 0 saturated carbocycles. The van der Waals surface area contributed by atoms with E-state index in [1.54, 1.807) is 0 Å². The lowest BCUT2D eigenvalue weighted by atomic mass is 10.1. The van der Waals surface area contributed by atoms with Crippen LogP contribution in [0.15, 0.2) is 29.6 Å². The molecule has 0 spiro atoms. The van der Waals surface area contributed by atoms with Crippen molar-refractivity contribution in [1.82, 2.24) is 10.3 Å². The van der Waals surface area contributed by atoms with Gasteiger partial charge in [0, 0.05) is 10.9 Å². The van der Waals surface area contributed by atoms with E-state index in [-0.39, 0.29) is 24.3 Å². The Morgan fingerprint density at radius 1 is 1.27 bits per heavy atom. The molecule has 0 radical (unpaired) electrons. The first-order valence-electron chi connectivity index (χ1n) is 8.42. The number of carbonyl (C=O) groups is 2. The molecule has 1 heterocycles. The van der Waals surface area contributed by atoms with E-state index in [4.69, 9.17) is 10.5 Å². The normalized spacial score (nSPS) is 11.9. The van der Waals surface area contributed by atoms with Crippen molar-refractivity contribution in [2.45, 2.75) is 26.8 Å². The van der Waals surface area contributed by atoms with Crippen LogP contribution in [0, 0.1) is 5.92 Å². The molecule has 2 amide bonds. The van der Waals surface area contributed by atoms with E-state index in [2.05, 4.69) is 15.6 Å². The third-order valence-electron chi connectivity index (χ3n) is 3.66. The topological polar surface area (TPSA) is 106 Å². The summed E-state index contributed by atoms with van der Waals surface area (Å²) in [7, 11) is 0. The number of nitrogens with zero attached hydrogens (tertiary/aromatic N) is 1. The van der Waals surface area contributed by atoms with Crippen LogP contribution in [0.25, 0.3) is 11.3 Å². The van der Waals surface area contributed by atoms with Gasteiger partial charge in [0.05, 0.1) is 24.9 Å². The Morgan fingerprint density at radius 2 is 1.96 bits per heavy atom. The van der Waals surface area contributed by atoms with Crippen LogP contribution in [0.4, 0.5) is 5.13 Å². The van der Waals surface area contributed by atoms with Gasteiger partial charge in [-0.2, -0.15) is 0 Å². The Balaban J connectivity index is 1.89. The van der Waals surface area contributed by atoms with Crippen molar-refractivity contribution in [3.63, 3.8) is 0 Å². The summed E-state index contributed by atoms with van der Waals surface area (Å²) < 4.78 is 5.41. The van der Waals surface area contributed by atoms with Crippen LogP contribution < -0.4 is 21.1 Å². The van der Waals surface area contributed by atoms with Crippen molar-refractivity contribution in [3.8, 4) is 17.0 Å². The van der Waals surface area contributed by atoms with E-state index in [0.29, 0.717) is 11.7 Å². The maximum Gasteiger partial charge on any atom is 0.245 e. The van der Waals surface area contributed by atoms with Crippen LogP contribution in [0.2, 0.25) is 0 Å². The van der Waals surface area contributed by atoms with Gasteiger partial charge in [-0.15, -0.1) is 11.3 Å². The highest BCUT2D eigenvalue weighted by atomic mass is 32.1.